The highest BCUT2D eigenvalue weighted by atomic mass is 16.3. The summed E-state index contributed by atoms with van der Waals surface area (Å²) in [5.74, 6) is 0.826. The van der Waals surface area contributed by atoms with E-state index < -0.39 is 23.8 Å². The lowest BCUT2D eigenvalue weighted by molar-refractivity contribution is -0.136. The van der Waals surface area contributed by atoms with Gasteiger partial charge in [0.2, 0.25) is 11.8 Å². The molecule has 2 aromatic rings. The van der Waals surface area contributed by atoms with Crippen molar-refractivity contribution in [2.24, 2.45) is 29.2 Å². The van der Waals surface area contributed by atoms with Crippen molar-refractivity contribution in [3.05, 3.63) is 76.7 Å². The third kappa shape index (κ3) is 7.56. The maximum absolute atomic E-state index is 13.3. The number of nitrogens with two attached hydrogens (primary N) is 2. The first-order valence-electron chi connectivity index (χ1n) is 20.3. The Hall–Kier alpha value is -5.08. The molecule has 0 aromatic heterocycles. The second kappa shape index (κ2) is 15.8. The molecule has 3 atom stereocenters. The molecule has 8 rings (SSSR count). The van der Waals surface area contributed by atoms with Crippen LogP contribution in [0.15, 0.2) is 60.1 Å². The Kier molecular flexibility index (Phi) is 10.7. The van der Waals surface area contributed by atoms with Crippen molar-refractivity contribution in [1.29, 1.82) is 0 Å². The summed E-state index contributed by atoms with van der Waals surface area (Å²) in [5, 5.41) is 16.0. The van der Waals surface area contributed by atoms with Gasteiger partial charge in [-0.25, -0.2) is 0 Å². The molecular formula is C42H55N9O5. The fraction of sp³-hybridized carbons (Fsp3) is 0.524. The van der Waals surface area contributed by atoms with Gasteiger partial charge in [0, 0.05) is 75.7 Å². The number of phenols is 1. The Bertz CT molecular complexity index is 1930. The number of nitrogens with zero attached hydrogens (tertiary/aromatic N) is 5. The van der Waals surface area contributed by atoms with Gasteiger partial charge in [-0.3, -0.25) is 34.3 Å². The molecule has 4 saturated heterocycles. The Morgan fingerprint density at radius 1 is 0.911 bits per heavy atom. The van der Waals surface area contributed by atoms with Crippen LogP contribution in [0.3, 0.4) is 0 Å². The Balaban J connectivity index is 0.777. The molecular weight excluding hydrogens is 711 g/mol. The van der Waals surface area contributed by atoms with E-state index in [4.69, 9.17) is 11.5 Å². The van der Waals surface area contributed by atoms with Crippen LogP contribution in [0.4, 0.5) is 5.69 Å². The summed E-state index contributed by atoms with van der Waals surface area (Å²) in [4.78, 5) is 61.5. The Morgan fingerprint density at radius 3 is 2.41 bits per heavy atom. The molecule has 2 aromatic carbocycles. The summed E-state index contributed by atoms with van der Waals surface area (Å²) < 4.78 is 0. The summed E-state index contributed by atoms with van der Waals surface area (Å²) in [6.07, 6.45) is 6.74. The number of piperazine rings is 1. The van der Waals surface area contributed by atoms with Gasteiger partial charge in [-0.1, -0.05) is 19.1 Å². The lowest BCUT2D eigenvalue weighted by Gasteiger charge is -2.47. The monoisotopic (exact) mass is 765 g/mol. The van der Waals surface area contributed by atoms with Crippen molar-refractivity contribution in [2.75, 3.05) is 70.3 Å². The van der Waals surface area contributed by atoms with Gasteiger partial charge in [-0.05, 0) is 99.4 Å². The van der Waals surface area contributed by atoms with Gasteiger partial charge in [-0.2, -0.15) is 0 Å². The fourth-order valence-electron chi connectivity index (χ4n) is 9.81. The van der Waals surface area contributed by atoms with Crippen molar-refractivity contribution in [2.45, 2.75) is 57.5 Å². The highest BCUT2D eigenvalue weighted by molar-refractivity contribution is 6.23. The molecule has 0 radical (unpaired) electrons. The van der Waals surface area contributed by atoms with Gasteiger partial charge in [-0.15, -0.1) is 0 Å². The summed E-state index contributed by atoms with van der Waals surface area (Å²) in [7, 11) is 0. The third-order valence-electron chi connectivity index (χ3n) is 13.1. The fourth-order valence-corrected chi connectivity index (χ4v) is 9.81. The van der Waals surface area contributed by atoms with E-state index in [0.717, 1.165) is 94.6 Å². The number of rotatable bonds is 9. The molecule has 7 N–H and O–H groups in total. The molecule has 6 aliphatic heterocycles. The summed E-state index contributed by atoms with van der Waals surface area (Å²) >= 11 is 0. The summed E-state index contributed by atoms with van der Waals surface area (Å²) in [6, 6.07) is 11.9. The van der Waals surface area contributed by atoms with Crippen molar-refractivity contribution in [3.63, 3.8) is 0 Å². The van der Waals surface area contributed by atoms with E-state index in [1.165, 1.54) is 12.8 Å². The molecule has 6 aliphatic rings. The van der Waals surface area contributed by atoms with Crippen molar-refractivity contribution < 1.29 is 24.3 Å². The van der Waals surface area contributed by atoms with E-state index in [1.807, 2.05) is 24.3 Å². The number of amides is 4. The van der Waals surface area contributed by atoms with Crippen LogP contribution >= 0.6 is 0 Å². The van der Waals surface area contributed by atoms with Gasteiger partial charge in [0.25, 0.3) is 11.8 Å². The van der Waals surface area contributed by atoms with Crippen molar-refractivity contribution >= 4 is 35.0 Å². The van der Waals surface area contributed by atoms with Crippen LogP contribution in [0, 0.1) is 17.8 Å². The van der Waals surface area contributed by atoms with Crippen molar-refractivity contribution in [3.8, 4) is 5.75 Å². The highest BCUT2D eigenvalue weighted by Gasteiger charge is 2.45. The zero-order chi connectivity index (χ0) is 39.1. The molecule has 56 heavy (non-hydrogen) atoms. The number of imide groups is 2. The van der Waals surface area contributed by atoms with E-state index in [-0.39, 0.29) is 24.5 Å². The average molecular weight is 766 g/mol. The summed E-state index contributed by atoms with van der Waals surface area (Å²) in [6.45, 7) is 12.3. The molecule has 6 heterocycles. The molecule has 14 heteroatoms. The van der Waals surface area contributed by atoms with E-state index in [9.17, 15) is 24.3 Å². The molecule has 0 aliphatic carbocycles. The molecule has 3 unspecified atom stereocenters. The first-order valence-corrected chi connectivity index (χ1v) is 20.3. The summed E-state index contributed by atoms with van der Waals surface area (Å²) in [5.41, 5.74) is 16.4. The highest BCUT2D eigenvalue weighted by Crippen LogP contribution is 2.34. The number of nitrogens with one attached hydrogen (secondary N) is 2. The Labute approximate surface area is 328 Å². The smallest absolute Gasteiger partial charge is 0.262 e. The minimum absolute atomic E-state index is 0.106. The van der Waals surface area contributed by atoms with E-state index in [1.54, 1.807) is 24.3 Å². The molecule has 298 valence electrons. The first-order chi connectivity index (χ1) is 27.0. The molecule has 4 amide bonds. The maximum Gasteiger partial charge on any atom is 0.262 e. The number of anilines is 1. The van der Waals surface area contributed by atoms with E-state index in [2.05, 4.69) is 37.2 Å². The predicted octanol–water partition coefficient (Wildman–Crippen LogP) is 2.07. The number of allylic oxidation sites excluding steroid dienone is 1. The van der Waals surface area contributed by atoms with Gasteiger partial charge in [0.1, 0.15) is 17.6 Å². The molecule has 14 nitrogen and oxygen atoms in total. The minimum atomic E-state index is -0.955. The van der Waals surface area contributed by atoms with Gasteiger partial charge < -0.3 is 36.6 Å². The lowest BCUT2D eigenvalue weighted by atomic mass is 9.84. The second-order valence-electron chi connectivity index (χ2n) is 16.6. The van der Waals surface area contributed by atoms with Crippen LogP contribution in [0.1, 0.15) is 71.7 Å². The number of piperidine rings is 3. The molecule has 0 spiro atoms. The number of carbonyl (C=O) groups is 4. The first kappa shape index (κ1) is 37.8. The largest absolute Gasteiger partial charge is 0.507 e. The topological polar surface area (TPSA) is 181 Å². The number of aromatic hydroxyl groups is 1. The van der Waals surface area contributed by atoms with Gasteiger partial charge in [0.15, 0.2) is 0 Å². The van der Waals surface area contributed by atoms with Crippen LogP contribution in [0.2, 0.25) is 0 Å². The standard InChI is InChI=1S/C42H55N9O5/c1-26(23-48-18-19-50-30(25-48)22-45-39(44)36(50)21-34(43)32-4-2-3-5-37(32)52)28-12-14-47(15-13-28)24-27-10-16-49(17-11-27)29-6-7-31-33(20-29)42(56)51(41(31)55)35-8-9-38(53)46-40(35)54/h2-7,20-21,26-28,30,35,45,52H,8-19,22-25,43-44H2,1H3,(H,46,53,54)/b34-21-. The van der Waals surface area contributed by atoms with Crippen molar-refractivity contribution in [1.82, 2.24) is 30.2 Å². The number of phenolic OH excluding ortho intramolecular Hbond substituents is 1. The molecule has 0 bridgehead atoms. The van der Waals surface area contributed by atoms with Crippen LogP contribution in [0.25, 0.3) is 5.70 Å². The van der Waals surface area contributed by atoms with Gasteiger partial charge >= 0.3 is 0 Å². The van der Waals surface area contributed by atoms with Crippen LogP contribution in [-0.4, -0.2) is 126 Å². The Morgan fingerprint density at radius 2 is 1.66 bits per heavy atom. The minimum Gasteiger partial charge on any atom is -0.507 e. The van der Waals surface area contributed by atoms with Crippen LogP contribution < -0.4 is 27.0 Å². The molecule has 4 fully saturated rings. The number of likely N-dealkylation sites (tertiary alicyclic amines) is 1. The zero-order valence-corrected chi connectivity index (χ0v) is 32.3. The quantitative estimate of drug-likeness (QED) is 0.235. The second-order valence-corrected chi connectivity index (χ2v) is 16.6. The average Bonchev–Trinajstić information content (AvgIpc) is 3.44. The maximum atomic E-state index is 13.3. The number of benzene rings is 2. The van der Waals surface area contributed by atoms with Crippen LogP contribution in [-0.2, 0) is 9.59 Å². The van der Waals surface area contributed by atoms with E-state index in [0.29, 0.717) is 52.0 Å². The lowest BCUT2D eigenvalue weighted by Crippen LogP contribution is -2.60. The zero-order valence-electron chi connectivity index (χ0n) is 32.3. The number of fused-ring (bicyclic) bond motifs is 2. The predicted molar refractivity (Wildman–Crippen MR) is 213 cm³/mol. The van der Waals surface area contributed by atoms with E-state index >= 15 is 0 Å². The number of hydrogen-bond donors (Lipinski definition) is 5. The number of carbonyl (C=O) groups excluding carboxylic acids is 4. The number of para-hydroxylation sites is 1. The van der Waals surface area contributed by atoms with Crippen LogP contribution in [0.5, 0.6) is 5.75 Å². The normalized spacial score (nSPS) is 25.3. The molecule has 0 saturated carbocycles. The number of hydrogen-bond acceptors (Lipinski definition) is 12. The van der Waals surface area contributed by atoms with Gasteiger partial charge in [0.05, 0.1) is 22.9 Å². The third-order valence-corrected chi connectivity index (χ3v) is 13.1. The SMILES string of the molecule is CC(CN1CCN2C(/C=C(\N)c3ccccc3O)=C(N)NCC2C1)C1CCN(CC2CCN(c3ccc4c(c3)C(=O)N(C3CCC(=O)NC3=O)C4=O)CC2)CC1.